The molecule has 0 aliphatic carbocycles. The topological polar surface area (TPSA) is 71.2 Å². The number of rotatable bonds is 6. The average Bonchev–Trinajstić information content (AvgIpc) is 2.70. The summed E-state index contributed by atoms with van der Waals surface area (Å²) in [6.45, 7) is 5.63. The van der Waals surface area contributed by atoms with Crippen LogP contribution in [0.4, 0.5) is 10.9 Å². The van der Waals surface area contributed by atoms with E-state index in [1.807, 2.05) is 18.9 Å². The number of unbranched alkanes of at least 4 members (excludes halogenated alkanes) is 1. The van der Waals surface area contributed by atoms with E-state index in [1.54, 1.807) is 0 Å². The maximum Gasteiger partial charge on any atom is 0.265 e. The normalized spacial score (nSPS) is 10.3. The summed E-state index contributed by atoms with van der Waals surface area (Å²) in [5.41, 5.74) is 5.75. The Morgan fingerprint density at radius 3 is 2.82 bits per heavy atom. The largest absolute Gasteiger partial charge is 0.382 e. The summed E-state index contributed by atoms with van der Waals surface area (Å²) in [5.74, 6) is 0.198. The molecule has 0 bridgehead atoms. The van der Waals surface area contributed by atoms with Crippen molar-refractivity contribution in [1.29, 1.82) is 0 Å². The molecule has 0 saturated carbocycles. The summed E-state index contributed by atoms with van der Waals surface area (Å²) in [6, 6.07) is 0. The van der Waals surface area contributed by atoms with E-state index in [4.69, 9.17) is 5.73 Å². The Hall–Kier alpha value is -1.30. The molecule has 0 fully saturated rings. The molecule has 0 radical (unpaired) electrons. The van der Waals surface area contributed by atoms with Crippen LogP contribution in [0.1, 0.15) is 36.4 Å². The summed E-state index contributed by atoms with van der Waals surface area (Å²) in [4.78, 5) is 18.5. The van der Waals surface area contributed by atoms with Crippen molar-refractivity contribution in [1.82, 2.24) is 10.3 Å². The number of hydrogen-bond acceptors (Lipinski definition) is 5. The average molecular weight is 256 g/mol. The molecule has 1 aromatic rings. The third kappa shape index (κ3) is 3.59. The molecule has 0 saturated heterocycles. The van der Waals surface area contributed by atoms with Gasteiger partial charge in [0.05, 0.1) is 0 Å². The predicted octanol–water partition coefficient (Wildman–Crippen LogP) is 1.71. The number of amides is 1. The van der Waals surface area contributed by atoms with Crippen LogP contribution < -0.4 is 16.0 Å². The molecule has 0 aliphatic heterocycles. The standard InChI is InChI=1S/C11H20N4OS/c1-4-6-7-13-10(16)8-9(12)14-11(17-8)15(3)5-2/h4-7,12H2,1-3H3,(H,13,16). The molecule has 1 rings (SSSR count). The van der Waals surface area contributed by atoms with Gasteiger partial charge in [0, 0.05) is 20.1 Å². The maximum absolute atomic E-state index is 11.8. The highest BCUT2D eigenvalue weighted by Gasteiger charge is 2.16. The molecular formula is C11H20N4OS. The van der Waals surface area contributed by atoms with E-state index in [0.29, 0.717) is 17.2 Å². The number of aromatic nitrogens is 1. The molecule has 96 valence electrons. The SMILES string of the molecule is CCCCNC(=O)c1sc(N(C)CC)nc1N. The molecule has 1 aromatic heterocycles. The third-order valence-corrected chi connectivity index (χ3v) is 3.65. The number of hydrogen-bond donors (Lipinski definition) is 2. The van der Waals surface area contributed by atoms with E-state index in [-0.39, 0.29) is 5.91 Å². The second kappa shape index (κ2) is 6.44. The van der Waals surface area contributed by atoms with Gasteiger partial charge in [0.15, 0.2) is 5.13 Å². The molecule has 1 heterocycles. The van der Waals surface area contributed by atoms with Crippen LogP contribution in [0.3, 0.4) is 0 Å². The summed E-state index contributed by atoms with van der Waals surface area (Å²) < 4.78 is 0. The van der Waals surface area contributed by atoms with Crippen LogP contribution in [0, 0.1) is 0 Å². The highest BCUT2D eigenvalue weighted by atomic mass is 32.1. The van der Waals surface area contributed by atoms with Gasteiger partial charge in [-0.15, -0.1) is 0 Å². The molecule has 0 aromatic carbocycles. The molecule has 3 N–H and O–H groups in total. The number of thiazole rings is 1. The lowest BCUT2D eigenvalue weighted by molar-refractivity contribution is 0.0958. The molecule has 0 aliphatic rings. The van der Waals surface area contributed by atoms with Crippen molar-refractivity contribution >= 4 is 28.2 Å². The molecule has 1 amide bonds. The fourth-order valence-corrected chi connectivity index (χ4v) is 2.17. The first-order chi connectivity index (χ1) is 8.10. The van der Waals surface area contributed by atoms with Crippen LogP contribution in [0.2, 0.25) is 0 Å². The van der Waals surface area contributed by atoms with Crippen LogP contribution in [0.15, 0.2) is 0 Å². The molecule has 0 atom stereocenters. The van der Waals surface area contributed by atoms with Gasteiger partial charge in [-0.05, 0) is 13.3 Å². The Labute approximate surface area is 106 Å². The highest BCUT2D eigenvalue weighted by molar-refractivity contribution is 7.18. The van der Waals surface area contributed by atoms with Gasteiger partial charge < -0.3 is 16.0 Å². The number of carbonyl (C=O) groups excluding carboxylic acids is 1. The monoisotopic (exact) mass is 256 g/mol. The number of nitrogen functional groups attached to an aromatic ring is 1. The van der Waals surface area contributed by atoms with Crippen molar-refractivity contribution in [3.63, 3.8) is 0 Å². The van der Waals surface area contributed by atoms with Gasteiger partial charge in [0.25, 0.3) is 5.91 Å². The number of anilines is 2. The van der Waals surface area contributed by atoms with Crippen LogP contribution in [-0.2, 0) is 0 Å². The minimum atomic E-state index is -0.121. The van der Waals surface area contributed by atoms with Crippen molar-refractivity contribution in [3.8, 4) is 0 Å². The van der Waals surface area contributed by atoms with E-state index in [2.05, 4.69) is 17.2 Å². The molecular weight excluding hydrogens is 236 g/mol. The van der Waals surface area contributed by atoms with E-state index in [9.17, 15) is 4.79 Å². The molecule has 0 unspecified atom stereocenters. The predicted molar refractivity (Wildman–Crippen MR) is 72.7 cm³/mol. The zero-order valence-electron chi connectivity index (χ0n) is 10.6. The summed E-state index contributed by atoms with van der Waals surface area (Å²) >= 11 is 1.34. The van der Waals surface area contributed by atoms with Gasteiger partial charge in [-0.2, -0.15) is 0 Å². The van der Waals surface area contributed by atoms with Gasteiger partial charge in [-0.25, -0.2) is 4.98 Å². The number of nitrogens with zero attached hydrogens (tertiary/aromatic N) is 2. The van der Waals surface area contributed by atoms with Gasteiger partial charge in [-0.1, -0.05) is 24.7 Å². The van der Waals surface area contributed by atoms with Crippen molar-refractivity contribution in [2.24, 2.45) is 0 Å². The lowest BCUT2D eigenvalue weighted by atomic mass is 10.3. The van der Waals surface area contributed by atoms with E-state index in [1.165, 1.54) is 11.3 Å². The Bertz CT molecular complexity index is 378. The Balaban J connectivity index is 2.70. The van der Waals surface area contributed by atoms with Gasteiger partial charge in [0.1, 0.15) is 10.7 Å². The van der Waals surface area contributed by atoms with Gasteiger partial charge >= 0.3 is 0 Å². The summed E-state index contributed by atoms with van der Waals surface area (Å²) in [6.07, 6.45) is 2.04. The minimum Gasteiger partial charge on any atom is -0.382 e. The zero-order valence-corrected chi connectivity index (χ0v) is 11.4. The highest BCUT2D eigenvalue weighted by Crippen LogP contribution is 2.27. The first-order valence-corrected chi connectivity index (χ1v) is 6.67. The van der Waals surface area contributed by atoms with Crippen LogP contribution >= 0.6 is 11.3 Å². The second-order valence-electron chi connectivity index (χ2n) is 3.83. The Kier molecular flexibility index (Phi) is 5.21. The van der Waals surface area contributed by atoms with E-state index >= 15 is 0 Å². The first-order valence-electron chi connectivity index (χ1n) is 5.85. The Morgan fingerprint density at radius 1 is 1.53 bits per heavy atom. The van der Waals surface area contributed by atoms with Gasteiger partial charge in [0.2, 0.25) is 0 Å². The molecule has 17 heavy (non-hydrogen) atoms. The lowest BCUT2D eigenvalue weighted by Crippen LogP contribution is -2.24. The minimum absolute atomic E-state index is 0.121. The van der Waals surface area contributed by atoms with Crippen LogP contribution in [-0.4, -0.2) is 31.0 Å². The smallest absolute Gasteiger partial charge is 0.265 e. The quantitative estimate of drug-likeness (QED) is 0.760. The van der Waals surface area contributed by atoms with E-state index < -0.39 is 0 Å². The first kappa shape index (κ1) is 13.8. The maximum atomic E-state index is 11.8. The number of nitrogens with two attached hydrogens (primary N) is 1. The lowest BCUT2D eigenvalue weighted by Gasteiger charge is -2.10. The van der Waals surface area contributed by atoms with Crippen molar-refractivity contribution in [2.75, 3.05) is 30.8 Å². The van der Waals surface area contributed by atoms with Crippen LogP contribution in [0.5, 0.6) is 0 Å². The molecule has 0 spiro atoms. The summed E-state index contributed by atoms with van der Waals surface area (Å²) in [5, 5.41) is 3.63. The number of nitrogens with one attached hydrogen (secondary N) is 1. The van der Waals surface area contributed by atoms with Crippen molar-refractivity contribution in [3.05, 3.63) is 4.88 Å². The fraction of sp³-hybridized carbons (Fsp3) is 0.636. The molecule has 5 nitrogen and oxygen atoms in total. The number of carbonyl (C=O) groups is 1. The Morgan fingerprint density at radius 2 is 2.24 bits per heavy atom. The molecule has 6 heteroatoms. The zero-order chi connectivity index (χ0) is 12.8. The third-order valence-electron chi connectivity index (χ3n) is 2.47. The van der Waals surface area contributed by atoms with Crippen molar-refractivity contribution < 1.29 is 4.79 Å². The van der Waals surface area contributed by atoms with Crippen LogP contribution in [0.25, 0.3) is 0 Å². The van der Waals surface area contributed by atoms with Gasteiger partial charge in [-0.3, -0.25) is 4.79 Å². The van der Waals surface area contributed by atoms with Crippen molar-refractivity contribution in [2.45, 2.75) is 26.7 Å². The summed E-state index contributed by atoms with van der Waals surface area (Å²) in [7, 11) is 1.93. The fourth-order valence-electron chi connectivity index (χ4n) is 1.24. The van der Waals surface area contributed by atoms with E-state index in [0.717, 1.165) is 24.5 Å². The second-order valence-corrected chi connectivity index (χ2v) is 4.81.